The Kier molecular flexibility index (Phi) is 5.87. The molecular weight excluding hydrogens is 311 g/mol. The van der Waals surface area contributed by atoms with Gasteiger partial charge in [-0.1, -0.05) is 24.3 Å². The fourth-order valence-corrected chi connectivity index (χ4v) is 3.57. The molecule has 132 valence electrons. The van der Waals surface area contributed by atoms with Crippen molar-refractivity contribution >= 4 is 11.3 Å². The minimum absolute atomic E-state index is 0.166. The minimum Gasteiger partial charge on any atom is -0.372 e. The molecule has 2 aromatic carbocycles. The van der Waals surface area contributed by atoms with Crippen molar-refractivity contribution in [3.63, 3.8) is 0 Å². The number of rotatable bonds is 6. The first kappa shape index (κ1) is 17.7. The quantitative estimate of drug-likeness (QED) is 0.846. The van der Waals surface area contributed by atoms with Crippen molar-refractivity contribution in [2.45, 2.75) is 26.8 Å². The summed E-state index contributed by atoms with van der Waals surface area (Å²) in [4.78, 5) is 3.95. The van der Waals surface area contributed by atoms with E-state index >= 15 is 0 Å². The molecule has 1 unspecified atom stereocenters. The molecule has 2 nitrogen and oxygen atoms in total. The Balaban J connectivity index is 1.59. The summed E-state index contributed by atoms with van der Waals surface area (Å²) in [5.74, 6) is -0.166. The molecule has 25 heavy (non-hydrogen) atoms. The van der Waals surface area contributed by atoms with Gasteiger partial charge in [0.1, 0.15) is 12.4 Å². The Morgan fingerprint density at radius 3 is 2.20 bits per heavy atom. The van der Waals surface area contributed by atoms with Crippen LogP contribution in [0, 0.1) is 5.82 Å². The molecule has 0 saturated heterocycles. The molecule has 0 aliphatic carbocycles. The molecule has 0 amide bonds. The van der Waals surface area contributed by atoms with Crippen LogP contribution in [-0.2, 0) is 6.54 Å². The molecule has 0 radical (unpaired) electrons. The van der Waals surface area contributed by atoms with Crippen molar-refractivity contribution in [2.75, 3.05) is 31.1 Å². The predicted molar refractivity (Wildman–Crippen MR) is 103 cm³/mol. The fraction of sp³-hybridized carbons (Fsp3) is 0.364. The van der Waals surface area contributed by atoms with Crippen LogP contribution in [0.15, 0.2) is 54.6 Å². The molecule has 1 heterocycles. The number of nitrogens with zero attached hydrogens (tertiary/aromatic N) is 1. The van der Waals surface area contributed by atoms with E-state index in [9.17, 15) is 4.39 Å². The third-order valence-electron chi connectivity index (χ3n) is 5.12. The van der Waals surface area contributed by atoms with Crippen LogP contribution >= 0.6 is 0 Å². The third-order valence-corrected chi connectivity index (χ3v) is 5.12. The van der Waals surface area contributed by atoms with Gasteiger partial charge in [0.05, 0.1) is 13.1 Å². The average molecular weight is 339 g/mol. The van der Waals surface area contributed by atoms with Crippen molar-refractivity contribution < 1.29 is 9.29 Å². The van der Waals surface area contributed by atoms with Gasteiger partial charge >= 0.3 is 0 Å². The molecule has 0 spiro atoms. The highest BCUT2D eigenvalue weighted by Crippen LogP contribution is 2.19. The number of nitrogens with one attached hydrogen (secondary N) is 1. The van der Waals surface area contributed by atoms with Crippen LogP contribution in [0.4, 0.5) is 10.1 Å². The van der Waals surface area contributed by atoms with Gasteiger partial charge in [-0.15, -0.1) is 0 Å². The topological polar surface area (TPSA) is 7.68 Å². The van der Waals surface area contributed by atoms with Crippen LogP contribution in [0.3, 0.4) is 0 Å². The molecule has 0 bridgehead atoms. The Labute approximate surface area is 150 Å². The third kappa shape index (κ3) is 4.49. The van der Waals surface area contributed by atoms with Gasteiger partial charge < -0.3 is 9.80 Å². The number of benzene rings is 2. The van der Waals surface area contributed by atoms with Crippen LogP contribution in [0.2, 0.25) is 0 Å². The molecule has 1 aliphatic rings. The molecule has 0 saturated carbocycles. The lowest BCUT2D eigenvalue weighted by molar-refractivity contribution is -0.908. The highest BCUT2D eigenvalue weighted by molar-refractivity contribution is 5.65. The standard InChI is InChI=1S/C22H27FN2/c1-3-25(4-2)22-11-5-18(6-12-22)17-24-15-13-20(14-16-24)19-7-9-21(23)10-8-19/h5-13H,3-4,14-17H2,1-2H3/p+1. The van der Waals surface area contributed by atoms with Crippen LogP contribution < -0.4 is 9.80 Å². The van der Waals surface area contributed by atoms with E-state index in [0.29, 0.717) is 0 Å². The van der Waals surface area contributed by atoms with E-state index in [0.717, 1.165) is 44.7 Å². The summed E-state index contributed by atoms with van der Waals surface area (Å²) in [6.07, 6.45) is 3.37. The summed E-state index contributed by atoms with van der Waals surface area (Å²) in [5.41, 5.74) is 5.20. The number of halogens is 1. The highest BCUT2D eigenvalue weighted by atomic mass is 19.1. The first-order chi connectivity index (χ1) is 12.2. The lowest BCUT2D eigenvalue weighted by atomic mass is 9.99. The Morgan fingerprint density at radius 2 is 1.64 bits per heavy atom. The molecule has 0 aromatic heterocycles. The Bertz CT molecular complexity index is 700. The number of hydrogen-bond acceptors (Lipinski definition) is 1. The number of anilines is 1. The Hall–Kier alpha value is -2.13. The van der Waals surface area contributed by atoms with Crippen molar-refractivity contribution in [2.24, 2.45) is 0 Å². The normalized spacial score (nSPS) is 17.2. The predicted octanol–water partition coefficient (Wildman–Crippen LogP) is 3.54. The number of hydrogen-bond donors (Lipinski definition) is 1. The average Bonchev–Trinajstić information content (AvgIpc) is 2.65. The van der Waals surface area contributed by atoms with Gasteiger partial charge in [0.2, 0.25) is 0 Å². The van der Waals surface area contributed by atoms with Crippen LogP contribution in [0.25, 0.3) is 5.57 Å². The first-order valence-corrected chi connectivity index (χ1v) is 9.32. The van der Waals surface area contributed by atoms with E-state index in [1.807, 2.05) is 12.1 Å². The van der Waals surface area contributed by atoms with E-state index < -0.39 is 0 Å². The summed E-state index contributed by atoms with van der Waals surface area (Å²) < 4.78 is 13.1. The van der Waals surface area contributed by atoms with Gasteiger partial charge in [-0.2, -0.15) is 0 Å². The highest BCUT2D eigenvalue weighted by Gasteiger charge is 2.16. The Morgan fingerprint density at radius 1 is 0.960 bits per heavy atom. The van der Waals surface area contributed by atoms with Gasteiger partial charge in [0.25, 0.3) is 0 Å². The van der Waals surface area contributed by atoms with Crippen LogP contribution in [0.1, 0.15) is 31.4 Å². The molecule has 0 fully saturated rings. The maximum atomic E-state index is 13.1. The van der Waals surface area contributed by atoms with Gasteiger partial charge in [0, 0.05) is 30.8 Å². The largest absolute Gasteiger partial charge is 0.372 e. The van der Waals surface area contributed by atoms with Crippen molar-refractivity contribution in [3.8, 4) is 0 Å². The summed E-state index contributed by atoms with van der Waals surface area (Å²) in [6, 6.07) is 15.9. The van der Waals surface area contributed by atoms with E-state index in [1.165, 1.54) is 16.8 Å². The van der Waals surface area contributed by atoms with E-state index in [4.69, 9.17) is 0 Å². The van der Waals surface area contributed by atoms with Crippen molar-refractivity contribution in [1.29, 1.82) is 0 Å². The fourth-order valence-electron chi connectivity index (χ4n) is 3.57. The lowest BCUT2D eigenvalue weighted by Gasteiger charge is -2.24. The van der Waals surface area contributed by atoms with Crippen molar-refractivity contribution in [1.82, 2.24) is 0 Å². The van der Waals surface area contributed by atoms with Crippen LogP contribution in [0.5, 0.6) is 0 Å². The monoisotopic (exact) mass is 339 g/mol. The molecule has 3 rings (SSSR count). The van der Waals surface area contributed by atoms with Crippen LogP contribution in [-0.4, -0.2) is 26.2 Å². The number of quaternary nitrogens is 1. The van der Waals surface area contributed by atoms with Gasteiger partial charge in [-0.3, -0.25) is 0 Å². The second kappa shape index (κ2) is 8.30. The maximum Gasteiger partial charge on any atom is 0.123 e. The zero-order valence-corrected chi connectivity index (χ0v) is 15.3. The summed E-state index contributed by atoms with van der Waals surface area (Å²) in [6.45, 7) is 9.70. The van der Waals surface area contributed by atoms with Gasteiger partial charge in [-0.05, 0) is 55.3 Å². The summed E-state index contributed by atoms with van der Waals surface area (Å²) >= 11 is 0. The zero-order valence-electron chi connectivity index (χ0n) is 15.3. The molecular formula is C22H28FN2+. The maximum absolute atomic E-state index is 13.1. The smallest absolute Gasteiger partial charge is 0.123 e. The summed E-state index contributed by atoms with van der Waals surface area (Å²) in [5, 5.41) is 0. The summed E-state index contributed by atoms with van der Waals surface area (Å²) in [7, 11) is 0. The second-order valence-electron chi connectivity index (χ2n) is 6.71. The minimum atomic E-state index is -0.166. The van der Waals surface area contributed by atoms with Gasteiger partial charge in [-0.25, -0.2) is 4.39 Å². The first-order valence-electron chi connectivity index (χ1n) is 9.32. The molecule has 1 atom stereocenters. The SMILES string of the molecule is CCN(CC)c1ccc(C[NH+]2CC=C(c3ccc(F)cc3)CC2)cc1. The second-order valence-corrected chi connectivity index (χ2v) is 6.71. The van der Waals surface area contributed by atoms with E-state index in [-0.39, 0.29) is 5.82 Å². The van der Waals surface area contributed by atoms with E-state index in [2.05, 4.69) is 49.1 Å². The van der Waals surface area contributed by atoms with Crippen molar-refractivity contribution in [3.05, 3.63) is 71.6 Å². The molecule has 3 heteroatoms. The lowest BCUT2D eigenvalue weighted by Crippen LogP contribution is -3.11. The van der Waals surface area contributed by atoms with Gasteiger partial charge in [0.15, 0.2) is 0 Å². The molecule has 2 aromatic rings. The van der Waals surface area contributed by atoms with E-state index in [1.54, 1.807) is 17.0 Å². The zero-order chi connectivity index (χ0) is 17.6. The molecule has 1 aliphatic heterocycles. The molecule has 1 N–H and O–H groups in total.